The first kappa shape index (κ1) is 11.2. The van der Waals surface area contributed by atoms with Gasteiger partial charge in [-0.05, 0) is 36.8 Å². The Balaban J connectivity index is 2.77. The monoisotopic (exact) mass is 206 g/mol. The summed E-state index contributed by atoms with van der Waals surface area (Å²) in [6.45, 7) is 3.25. The molecule has 0 aliphatic heterocycles. The summed E-state index contributed by atoms with van der Waals surface area (Å²) in [4.78, 5) is 10.6. The smallest absolute Gasteiger partial charge is 0.236 e. The first-order valence-corrected chi connectivity index (χ1v) is 4.59. The molecular formula is C11H14N2O2. The lowest BCUT2D eigenvalue weighted by Gasteiger charge is -2.03. The number of nitrogens with zero attached hydrogens (tertiary/aromatic N) is 1. The van der Waals surface area contributed by atoms with Crippen molar-refractivity contribution in [1.82, 2.24) is 5.43 Å². The van der Waals surface area contributed by atoms with Crippen LogP contribution in [0.3, 0.4) is 0 Å². The highest BCUT2D eigenvalue weighted by atomic mass is 16.5. The second kappa shape index (κ2) is 5.14. The molecule has 1 aromatic carbocycles. The van der Waals surface area contributed by atoms with Crippen LogP contribution < -0.4 is 10.2 Å². The molecule has 0 fully saturated rings. The van der Waals surface area contributed by atoms with Crippen LogP contribution in [-0.2, 0) is 4.79 Å². The number of carbonyl (C=O) groups is 1. The molecule has 0 aromatic heterocycles. The summed E-state index contributed by atoms with van der Waals surface area (Å²) < 4.78 is 5.04. The molecule has 0 spiro atoms. The zero-order chi connectivity index (χ0) is 11.3. The van der Waals surface area contributed by atoms with E-state index in [-0.39, 0.29) is 5.91 Å². The molecule has 80 valence electrons. The highest BCUT2D eigenvalue weighted by Crippen LogP contribution is 2.11. The first-order valence-electron chi connectivity index (χ1n) is 4.59. The quantitative estimate of drug-likeness (QED) is 0.602. The molecule has 0 aliphatic rings. The SMILES string of the molecule is COc1ccc(/C(C)=N\NC(C)=O)cc1. The Morgan fingerprint density at radius 1 is 1.27 bits per heavy atom. The van der Waals surface area contributed by atoms with Gasteiger partial charge in [0.2, 0.25) is 5.91 Å². The Bertz CT molecular complexity index is 369. The van der Waals surface area contributed by atoms with Crippen LogP contribution in [0.25, 0.3) is 0 Å². The maximum absolute atomic E-state index is 10.6. The minimum absolute atomic E-state index is 0.178. The van der Waals surface area contributed by atoms with Crippen molar-refractivity contribution in [3.8, 4) is 5.75 Å². The first-order chi connectivity index (χ1) is 7.13. The predicted octanol–water partition coefficient (Wildman–Crippen LogP) is 1.56. The molecule has 0 radical (unpaired) electrons. The van der Waals surface area contributed by atoms with E-state index in [2.05, 4.69) is 10.5 Å². The van der Waals surface area contributed by atoms with Crippen LogP contribution in [0.1, 0.15) is 19.4 Å². The van der Waals surface area contributed by atoms with E-state index in [4.69, 9.17) is 4.74 Å². The van der Waals surface area contributed by atoms with Crippen molar-refractivity contribution in [2.24, 2.45) is 5.10 Å². The molecule has 0 atom stereocenters. The summed E-state index contributed by atoms with van der Waals surface area (Å²) in [5.41, 5.74) is 4.10. The lowest BCUT2D eigenvalue weighted by molar-refractivity contribution is -0.118. The molecule has 0 aliphatic carbocycles. The van der Waals surface area contributed by atoms with Crippen LogP contribution in [0.4, 0.5) is 0 Å². The van der Waals surface area contributed by atoms with Gasteiger partial charge in [0.15, 0.2) is 0 Å². The fraction of sp³-hybridized carbons (Fsp3) is 0.273. The van der Waals surface area contributed by atoms with Gasteiger partial charge in [0.25, 0.3) is 0 Å². The molecule has 4 heteroatoms. The molecule has 0 bridgehead atoms. The van der Waals surface area contributed by atoms with Gasteiger partial charge in [-0.1, -0.05) is 0 Å². The van der Waals surface area contributed by atoms with Gasteiger partial charge in [0.1, 0.15) is 5.75 Å². The van der Waals surface area contributed by atoms with Gasteiger partial charge in [0.05, 0.1) is 12.8 Å². The van der Waals surface area contributed by atoms with Crippen LogP contribution in [0.5, 0.6) is 5.75 Å². The molecule has 1 aromatic rings. The largest absolute Gasteiger partial charge is 0.497 e. The highest BCUT2D eigenvalue weighted by Gasteiger charge is 1.98. The van der Waals surface area contributed by atoms with Gasteiger partial charge in [-0.25, -0.2) is 5.43 Å². The van der Waals surface area contributed by atoms with Gasteiger partial charge < -0.3 is 4.74 Å². The average Bonchev–Trinajstić information content (AvgIpc) is 2.26. The minimum atomic E-state index is -0.178. The maximum atomic E-state index is 10.6. The molecule has 1 N–H and O–H groups in total. The lowest BCUT2D eigenvalue weighted by atomic mass is 10.1. The Morgan fingerprint density at radius 2 is 1.87 bits per heavy atom. The van der Waals surface area contributed by atoms with E-state index in [1.54, 1.807) is 7.11 Å². The molecule has 15 heavy (non-hydrogen) atoms. The normalized spacial score (nSPS) is 11.0. The Hall–Kier alpha value is -1.84. The topological polar surface area (TPSA) is 50.7 Å². The van der Waals surface area contributed by atoms with Crippen LogP contribution in [0, 0.1) is 0 Å². The van der Waals surface area contributed by atoms with Crippen molar-refractivity contribution in [3.63, 3.8) is 0 Å². The van der Waals surface area contributed by atoms with Crippen LogP contribution >= 0.6 is 0 Å². The van der Waals surface area contributed by atoms with Gasteiger partial charge in [-0.15, -0.1) is 0 Å². The third-order valence-electron chi connectivity index (χ3n) is 1.89. The zero-order valence-electron chi connectivity index (χ0n) is 9.07. The van der Waals surface area contributed by atoms with Crippen LogP contribution in [0.2, 0.25) is 0 Å². The number of rotatable bonds is 3. The fourth-order valence-electron chi connectivity index (χ4n) is 1.06. The van der Waals surface area contributed by atoms with Gasteiger partial charge in [-0.3, -0.25) is 4.79 Å². The predicted molar refractivity (Wildman–Crippen MR) is 59.0 cm³/mol. The third-order valence-corrected chi connectivity index (χ3v) is 1.89. The van der Waals surface area contributed by atoms with Gasteiger partial charge in [-0.2, -0.15) is 5.10 Å². The van der Waals surface area contributed by atoms with E-state index < -0.39 is 0 Å². The maximum Gasteiger partial charge on any atom is 0.236 e. The molecule has 0 saturated heterocycles. The number of methoxy groups -OCH3 is 1. The standard InChI is InChI=1S/C11H14N2O2/c1-8(12-13-9(2)14)10-4-6-11(15-3)7-5-10/h4-7H,1-3H3,(H,13,14)/b12-8-. The number of nitrogens with one attached hydrogen (secondary N) is 1. The van der Waals surface area contributed by atoms with E-state index in [0.29, 0.717) is 0 Å². The highest BCUT2D eigenvalue weighted by molar-refractivity contribution is 5.99. The summed E-state index contributed by atoms with van der Waals surface area (Å²) in [6.07, 6.45) is 0. The molecule has 0 unspecified atom stereocenters. The Kier molecular flexibility index (Phi) is 3.85. The molecule has 4 nitrogen and oxygen atoms in total. The summed E-state index contributed by atoms with van der Waals surface area (Å²) in [7, 11) is 1.62. The minimum Gasteiger partial charge on any atom is -0.497 e. The third kappa shape index (κ3) is 3.42. The number of hydrogen-bond acceptors (Lipinski definition) is 3. The molecule has 0 saturated carbocycles. The van der Waals surface area contributed by atoms with E-state index in [0.717, 1.165) is 17.0 Å². The molecule has 1 amide bonds. The van der Waals surface area contributed by atoms with Crippen molar-refractivity contribution in [1.29, 1.82) is 0 Å². The summed E-state index contributed by atoms with van der Waals surface area (Å²) >= 11 is 0. The van der Waals surface area contributed by atoms with Crippen molar-refractivity contribution >= 4 is 11.6 Å². The van der Waals surface area contributed by atoms with Gasteiger partial charge >= 0.3 is 0 Å². The van der Waals surface area contributed by atoms with Crippen LogP contribution in [0.15, 0.2) is 29.4 Å². The number of carbonyl (C=O) groups excluding carboxylic acids is 1. The van der Waals surface area contributed by atoms with E-state index in [1.807, 2.05) is 31.2 Å². The Morgan fingerprint density at radius 3 is 2.33 bits per heavy atom. The number of amides is 1. The van der Waals surface area contributed by atoms with Crippen molar-refractivity contribution in [2.45, 2.75) is 13.8 Å². The second-order valence-corrected chi connectivity index (χ2v) is 3.09. The number of ether oxygens (including phenoxy) is 1. The van der Waals surface area contributed by atoms with Crippen LogP contribution in [-0.4, -0.2) is 18.7 Å². The van der Waals surface area contributed by atoms with Crippen molar-refractivity contribution in [2.75, 3.05) is 7.11 Å². The summed E-state index contributed by atoms with van der Waals surface area (Å²) in [5, 5.41) is 3.93. The zero-order valence-corrected chi connectivity index (χ0v) is 9.07. The number of hydrogen-bond donors (Lipinski definition) is 1. The summed E-state index contributed by atoms with van der Waals surface area (Å²) in [6, 6.07) is 7.48. The second-order valence-electron chi connectivity index (χ2n) is 3.09. The fourth-order valence-corrected chi connectivity index (χ4v) is 1.06. The molecule has 1 rings (SSSR count). The van der Waals surface area contributed by atoms with Gasteiger partial charge in [0, 0.05) is 6.92 Å². The number of benzene rings is 1. The summed E-state index contributed by atoms with van der Waals surface area (Å²) in [5.74, 6) is 0.619. The van der Waals surface area contributed by atoms with E-state index in [1.165, 1.54) is 6.92 Å². The van der Waals surface area contributed by atoms with Crippen molar-refractivity contribution < 1.29 is 9.53 Å². The van der Waals surface area contributed by atoms with E-state index >= 15 is 0 Å². The van der Waals surface area contributed by atoms with Crippen molar-refractivity contribution in [3.05, 3.63) is 29.8 Å². The van der Waals surface area contributed by atoms with E-state index in [9.17, 15) is 4.79 Å². The Labute approximate surface area is 88.9 Å². The molecule has 0 heterocycles. The molecular weight excluding hydrogens is 192 g/mol. The number of hydrazone groups is 1. The lowest BCUT2D eigenvalue weighted by Crippen LogP contribution is -2.14. The average molecular weight is 206 g/mol.